The maximum atomic E-state index is 10.3. The Morgan fingerprint density at radius 3 is 1.65 bits per heavy atom. The number of allylic oxidation sites excluding steroid dienone is 3. The zero-order valence-corrected chi connectivity index (χ0v) is 15.4. The maximum Gasteiger partial charge on any atom is 1.00 e. The summed E-state index contributed by atoms with van der Waals surface area (Å²) in [4.78, 5) is 20.6. The van der Waals surface area contributed by atoms with Crippen LogP contribution < -0.4 is 69.3 Å². The van der Waals surface area contributed by atoms with Crippen molar-refractivity contribution in [2.24, 2.45) is 0 Å². The SMILES string of the molecule is O=C([O-])C=CC(C=CC(=O)[O-])=Cc1ccccc1.[Na+].[Na+]. The minimum Gasteiger partial charge on any atom is -0.545 e. The van der Waals surface area contributed by atoms with Crippen molar-refractivity contribution in [1.29, 1.82) is 0 Å². The number of carboxylic acids is 2. The zero-order valence-electron chi connectivity index (χ0n) is 11.4. The van der Waals surface area contributed by atoms with Crippen molar-refractivity contribution in [3.63, 3.8) is 0 Å². The fourth-order valence-corrected chi connectivity index (χ4v) is 1.22. The van der Waals surface area contributed by atoms with Crippen LogP contribution in [-0.4, -0.2) is 11.9 Å². The number of benzene rings is 1. The third-order valence-corrected chi connectivity index (χ3v) is 1.96. The van der Waals surface area contributed by atoms with Gasteiger partial charge < -0.3 is 19.8 Å². The van der Waals surface area contributed by atoms with Gasteiger partial charge >= 0.3 is 59.1 Å². The molecule has 0 amide bonds. The molecule has 4 nitrogen and oxygen atoms in total. The molecular weight excluding hydrogens is 278 g/mol. The Labute approximate surface area is 161 Å². The molecule has 1 aromatic rings. The van der Waals surface area contributed by atoms with E-state index in [0.717, 1.165) is 17.7 Å². The second-order valence-corrected chi connectivity index (χ2v) is 3.36. The van der Waals surface area contributed by atoms with Crippen LogP contribution in [0.1, 0.15) is 5.56 Å². The van der Waals surface area contributed by atoms with Crippen LogP contribution in [-0.2, 0) is 9.59 Å². The van der Waals surface area contributed by atoms with Gasteiger partial charge in [0.15, 0.2) is 0 Å². The van der Waals surface area contributed by atoms with E-state index in [2.05, 4.69) is 0 Å². The molecule has 0 spiro atoms. The van der Waals surface area contributed by atoms with Gasteiger partial charge in [0.25, 0.3) is 0 Å². The molecule has 0 aliphatic carbocycles. The van der Waals surface area contributed by atoms with Crippen molar-refractivity contribution in [2.75, 3.05) is 0 Å². The topological polar surface area (TPSA) is 80.3 Å². The molecule has 0 fully saturated rings. The van der Waals surface area contributed by atoms with E-state index in [-0.39, 0.29) is 59.1 Å². The number of hydrogen-bond donors (Lipinski definition) is 0. The van der Waals surface area contributed by atoms with E-state index in [0.29, 0.717) is 5.57 Å². The summed E-state index contributed by atoms with van der Waals surface area (Å²) in [6, 6.07) is 9.08. The summed E-state index contributed by atoms with van der Waals surface area (Å²) in [7, 11) is 0. The summed E-state index contributed by atoms with van der Waals surface area (Å²) >= 11 is 0. The van der Waals surface area contributed by atoms with E-state index in [1.165, 1.54) is 12.2 Å². The van der Waals surface area contributed by atoms with E-state index in [1.54, 1.807) is 18.2 Å². The van der Waals surface area contributed by atoms with Crippen molar-refractivity contribution in [3.05, 3.63) is 65.8 Å². The van der Waals surface area contributed by atoms with Crippen LogP contribution >= 0.6 is 0 Å². The predicted molar refractivity (Wildman–Crippen MR) is 62.7 cm³/mol. The summed E-state index contributed by atoms with van der Waals surface area (Å²) in [5, 5.41) is 20.6. The molecule has 0 saturated heterocycles. The van der Waals surface area contributed by atoms with Gasteiger partial charge in [0.2, 0.25) is 0 Å². The Balaban J connectivity index is 0. The molecule has 0 heterocycles. The van der Waals surface area contributed by atoms with Crippen molar-refractivity contribution in [1.82, 2.24) is 0 Å². The van der Waals surface area contributed by atoms with Crippen LogP contribution in [0.5, 0.6) is 0 Å². The standard InChI is InChI=1S/C14H12O4.2Na/c15-13(16)8-6-12(7-9-14(17)18)10-11-4-2-1-3-5-11;;/h1-10H,(H,15,16)(H,17,18);;/q;2*+1/p-2. The molecule has 20 heavy (non-hydrogen) atoms. The fraction of sp³-hybridized carbons (Fsp3) is 0. The molecular formula is C14H10Na2O4. The summed E-state index contributed by atoms with van der Waals surface area (Å²) in [6.07, 6.45) is 5.80. The third kappa shape index (κ3) is 10.2. The number of rotatable bonds is 5. The van der Waals surface area contributed by atoms with E-state index >= 15 is 0 Å². The Kier molecular flexibility index (Phi) is 13.2. The molecule has 0 aliphatic heterocycles. The Morgan fingerprint density at radius 1 is 0.800 bits per heavy atom. The third-order valence-electron chi connectivity index (χ3n) is 1.96. The van der Waals surface area contributed by atoms with Gasteiger partial charge in [-0.3, -0.25) is 0 Å². The van der Waals surface area contributed by atoms with Gasteiger partial charge in [0.1, 0.15) is 0 Å². The quantitative estimate of drug-likeness (QED) is 0.307. The molecule has 92 valence electrons. The van der Waals surface area contributed by atoms with Crippen LogP contribution in [0.25, 0.3) is 6.08 Å². The summed E-state index contributed by atoms with van der Waals surface area (Å²) < 4.78 is 0. The minimum absolute atomic E-state index is 0. The first-order valence-corrected chi connectivity index (χ1v) is 5.13. The van der Waals surface area contributed by atoms with E-state index in [1.807, 2.05) is 18.2 Å². The first kappa shape index (κ1) is 21.7. The molecule has 6 heteroatoms. The monoisotopic (exact) mass is 288 g/mol. The maximum absolute atomic E-state index is 10.3. The number of carbonyl (C=O) groups excluding carboxylic acids is 2. The van der Waals surface area contributed by atoms with Crippen LogP contribution in [0, 0.1) is 0 Å². The number of aliphatic carboxylic acids is 2. The normalized spacial score (nSPS) is 9.60. The van der Waals surface area contributed by atoms with Crippen LogP contribution in [0.2, 0.25) is 0 Å². The largest absolute Gasteiger partial charge is 1.00 e. The summed E-state index contributed by atoms with van der Waals surface area (Å²) in [6.45, 7) is 0. The molecule has 0 bridgehead atoms. The Hall–Kier alpha value is -0.620. The van der Waals surface area contributed by atoms with Crippen molar-refractivity contribution >= 4 is 18.0 Å². The van der Waals surface area contributed by atoms with Crippen LogP contribution in [0.4, 0.5) is 0 Å². The van der Waals surface area contributed by atoms with Crippen LogP contribution in [0.3, 0.4) is 0 Å². The first-order valence-electron chi connectivity index (χ1n) is 5.13. The van der Waals surface area contributed by atoms with Crippen molar-refractivity contribution < 1.29 is 78.9 Å². The van der Waals surface area contributed by atoms with Gasteiger partial charge in [-0.25, -0.2) is 0 Å². The van der Waals surface area contributed by atoms with Gasteiger partial charge in [0, 0.05) is 0 Å². The second-order valence-electron chi connectivity index (χ2n) is 3.36. The summed E-state index contributed by atoms with van der Waals surface area (Å²) in [5.74, 6) is -2.70. The molecule has 0 radical (unpaired) electrons. The number of hydrogen-bond acceptors (Lipinski definition) is 4. The van der Waals surface area contributed by atoms with Crippen molar-refractivity contribution in [2.45, 2.75) is 0 Å². The number of carbonyl (C=O) groups is 2. The average molecular weight is 288 g/mol. The summed E-state index contributed by atoms with van der Waals surface area (Å²) in [5.41, 5.74) is 1.23. The predicted octanol–water partition coefficient (Wildman–Crippen LogP) is -6.31. The van der Waals surface area contributed by atoms with Crippen molar-refractivity contribution in [3.8, 4) is 0 Å². The Bertz CT molecular complexity index is 493. The number of carboxylic acid groups (broad SMARTS) is 2. The van der Waals surface area contributed by atoms with E-state index in [4.69, 9.17) is 0 Å². The van der Waals surface area contributed by atoms with E-state index in [9.17, 15) is 19.8 Å². The molecule has 0 unspecified atom stereocenters. The Morgan fingerprint density at radius 2 is 1.25 bits per heavy atom. The van der Waals surface area contributed by atoms with Gasteiger partial charge in [-0.15, -0.1) is 0 Å². The molecule has 0 N–H and O–H groups in total. The minimum atomic E-state index is -1.35. The zero-order chi connectivity index (χ0) is 13.4. The van der Waals surface area contributed by atoms with Gasteiger partial charge in [0.05, 0.1) is 11.9 Å². The average Bonchev–Trinajstić information content (AvgIpc) is 2.33. The van der Waals surface area contributed by atoms with Gasteiger partial charge in [-0.2, -0.15) is 0 Å². The molecule has 0 aromatic heterocycles. The van der Waals surface area contributed by atoms with E-state index < -0.39 is 11.9 Å². The smallest absolute Gasteiger partial charge is 0.545 e. The molecule has 1 aromatic carbocycles. The molecule has 0 aliphatic rings. The second kappa shape index (κ2) is 12.1. The molecule has 0 atom stereocenters. The fourth-order valence-electron chi connectivity index (χ4n) is 1.22. The first-order chi connectivity index (χ1) is 8.58. The molecule has 1 rings (SSSR count). The van der Waals surface area contributed by atoms with Crippen LogP contribution in [0.15, 0.2) is 60.2 Å². The van der Waals surface area contributed by atoms with Gasteiger partial charge in [-0.05, 0) is 29.4 Å². The van der Waals surface area contributed by atoms with Gasteiger partial charge in [-0.1, -0.05) is 42.5 Å². The molecule has 0 saturated carbocycles.